The van der Waals surface area contributed by atoms with Crippen molar-refractivity contribution >= 4 is 5.91 Å². The van der Waals surface area contributed by atoms with Crippen molar-refractivity contribution in [1.29, 1.82) is 0 Å². The van der Waals surface area contributed by atoms with Crippen LogP contribution in [0.1, 0.15) is 38.2 Å². The average Bonchev–Trinajstić information content (AvgIpc) is 3.03. The highest BCUT2D eigenvalue weighted by atomic mass is 16.5. The lowest BCUT2D eigenvalue weighted by molar-refractivity contribution is -0.132. The lowest BCUT2D eigenvalue weighted by atomic mass is 9.93. The van der Waals surface area contributed by atoms with E-state index < -0.39 is 0 Å². The summed E-state index contributed by atoms with van der Waals surface area (Å²) >= 11 is 0. The van der Waals surface area contributed by atoms with E-state index in [-0.39, 0.29) is 0 Å². The molecular formula is C19H29N3O2. The predicted octanol–water partition coefficient (Wildman–Crippen LogP) is 2.02. The van der Waals surface area contributed by atoms with Crippen molar-refractivity contribution in [3.05, 3.63) is 30.1 Å². The van der Waals surface area contributed by atoms with E-state index in [2.05, 4.69) is 29.4 Å². The minimum absolute atomic E-state index is 0.315. The van der Waals surface area contributed by atoms with E-state index in [1.807, 2.05) is 17.3 Å². The SMILES string of the molecule is CCCC(=O)N1CCC(N[C@@H]2COC[C@H]2Cc2ccncc2)CC1. The van der Waals surface area contributed by atoms with Crippen LogP contribution in [0.25, 0.3) is 0 Å². The van der Waals surface area contributed by atoms with Gasteiger partial charge >= 0.3 is 0 Å². The normalized spacial score (nSPS) is 25.1. The van der Waals surface area contributed by atoms with Crippen LogP contribution in [0.2, 0.25) is 0 Å². The van der Waals surface area contributed by atoms with E-state index in [0.717, 1.165) is 52.0 Å². The van der Waals surface area contributed by atoms with E-state index in [1.54, 1.807) is 0 Å². The fourth-order valence-corrected chi connectivity index (χ4v) is 3.78. The molecule has 0 unspecified atom stereocenters. The fourth-order valence-electron chi connectivity index (χ4n) is 3.78. The lowest BCUT2D eigenvalue weighted by Gasteiger charge is -2.34. The number of aromatic nitrogens is 1. The van der Waals surface area contributed by atoms with E-state index in [9.17, 15) is 4.79 Å². The van der Waals surface area contributed by atoms with Gasteiger partial charge in [-0.25, -0.2) is 0 Å². The first-order valence-corrected chi connectivity index (χ1v) is 9.26. The number of pyridine rings is 1. The Morgan fingerprint density at radius 2 is 2.04 bits per heavy atom. The van der Waals surface area contributed by atoms with Gasteiger partial charge in [0.1, 0.15) is 0 Å². The number of rotatable bonds is 6. The van der Waals surface area contributed by atoms with Crippen LogP contribution < -0.4 is 5.32 Å². The van der Waals surface area contributed by atoms with Gasteiger partial charge in [0.15, 0.2) is 0 Å². The van der Waals surface area contributed by atoms with Crippen molar-refractivity contribution < 1.29 is 9.53 Å². The van der Waals surface area contributed by atoms with Gasteiger partial charge in [0.2, 0.25) is 5.91 Å². The van der Waals surface area contributed by atoms with E-state index in [1.165, 1.54) is 5.56 Å². The molecule has 0 aliphatic carbocycles. The topological polar surface area (TPSA) is 54.5 Å². The molecule has 0 saturated carbocycles. The van der Waals surface area contributed by atoms with Crippen molar-refractivity contribution in [1.82, 2.24) is 15.2 Å². The highest BCUT2D eigenvalue weighted by Crippen LogP contribution is 2.21. The largest absolute Gasteiger partial charge is 0.379 e. The molecule has 2 aliphatic rings. The monoisotopic (exact) mass is 331 g/mol. The summed E-state index contributed by atoms with van der Waals surface area (Å²) in [6.45, 7) is 5.46. The molecule has 3 heterocycles. The van der Waals surface area contributed by atoms with Crippen LogP contribution in [0.15, 0.2) is 24.5 Å². The highest BCUT2D eigenvalue weighted by molar-refractivity contribution is 5.76. The number of carbonyl (C=O) groups excluding carboxylic acids is 1. The molecule has 3 rings (SSSR count). The quantitative estimate of drug-likeness (QED) is 0.866. The molecule has 2 atom stereocenters. The third-order valence-electron chi connectivity index (χ3n) is 5.21. The Morgan fingerprint density at radius 3 is 2.75 bits per heavy atom. The number of piperidine rings is 1. The standard InChI is InChI=1S/C19H29N3O2/c1-2-3-19(23)22-10-6-17(7-11-22)21-18-14-24-13-16(18)12-15-4-8-20-9-5-15/h4-5,8-9,16-18,21H,2-3,6-7,10-14H2,1H3/t16-,18-/m1/s1. The third-order valence-corrected chi connectivity index (χ3v) is 5.21. The smallest absolute Gasteiger partial charge is 0.222 e. The molecular weight excluding hydrogens is 302 g/mol. The summed E-state index contributed by atoms with van der Waals surface area (Å²) in [7, 11) is 0. The third kappa shape index (κ3) is 4.54. The average molecular weight is 331 g/mol. The van der Waals surface area contributed by atoms with E-state index in [4.69, 9.17) is 4.74 Å². The summed E-state index contributed by atoms with van der Waals surface area (Å²) < 4.78 is 5.73. The van der Waals surface area contributed by atoms with Crippen molar-refractivity contribution in [3.63, 3.8) is 0 Å². The van der Waals surface area contributed by atoms with Crippen LogP contribution in [0.3, 0.4) is 0 Å². The molecule has 132 valence electrons. The van der Waals surface area contributed by atoms with E-state index >= 15 is 0 Å². The van der Waals surface area contributed by atoms with Gasteiger partial charge in [0.05, 0.1) is 13.2 Å². The molecule has 2 saturated heterocycles. The number of amides is 1. The molecule has 1 amide bonds. The first-order chi connectivity index (χ1) is 11.8. The Labute approximate surface area is 144 Å². The molecule has 0 aromatic carbocycles. The van der Waals surface area contributed by atoms with Crippen LogP contribution in [-0.2, 0) is 16.0 Å². The first kappa shape index (κ1) is 17.4. The molecule has 1 aromatic heterocycles. The van der Waals surface area contributed by atoms with Gasteiger partial charge < -0.3 is 15.0 Å². The second kappa shape index (κ2) is 8.58. The lowest BCUT2D eigenvalue weighted by Crippen LogP contribution is -2.49. The first-order valence-electron chi connectivity index (χ1n) is 9.26. The Morgan fingerprint density at radius 1 is 1.29 bits per heavy atom. The number of nitrogens with one attached hydrogen (secondary N) is 1. The molecule has 2 aliphatic heterocycles. The van der Waals surface area contributed by atoms with Crippen molar-refractivity contribution in [3.8, 4) is 0 Å². The minimum atomic E-state index is 0.315. The summed E-state index contributed by atoms with van der Waals surface area (Å²) in [5.74, 6) is 0.836. The van der Waals surface area contributed by atoms with Crippen LogP contribution in [-0.4, -0.2) is 54.2 Å². The molecule has 2 fully saturated rings. The number of hydrogen-bond donors (Lipinski definition) is 1. The fraction of sp³-hybridized carbons (Fsp3) is 0.684. The zero-order valence-corrected chi connectivity index (χ0v) is 14.6. The van der Waals surface area contributed by atoms with Crippen LogP contribution in [0.4, 0.5) is 0 Å². The van der Waals surface area contributed by atoms with Gasteiger partial charge in [-0.05, 0) is 43.4 Å². The number of nitrogens with zero attached hydrogens (tertiary/aromatic N) is 2. The number of carbonyl (C=O) groups is 1. The van der Waals surface area contributed by atoms with Crippen molar-refractivity contribution in [2.75, 3.05) is 26.3 Å². The zero-order valence-electron chi connectivity index (χ0n) is 14.6. The number of ether oxygens (including phenoxy) is 1. The maximum absolute atomic E-state index is 12.0. The van der Waals surface area contributed by atoms with Crippen molar-refractivity contribution in [2.45, 2.75) is 51.1 Å². The van der Waals surface area contributed by atoms with Gasteiger partial charge in [-0.2, -0.15) is 0 Å². The second-order valence-corrected chi connectivity index (χ2v) is 7.04. The zero-order chi connectivity index (χ0) is 16.8. The van der Waals surface area contributed by atoms with Crippen molar-refractivity contribution in [2.24, 2.45) is 5.92 Å². The predicted molar refractivity (Wildman–Crippen MR) is 93.7 cm³/mol. The maximum atomic E-state index is 12.0. The van der Waals surface area contributed by atoms with Gasteiger partial charge in [0, 0.05) is 49.9 Å². The number of hydrogen-bond acceptors (Lipinski definition) is 4. The Hall–Kier alpha value is -1.46. The minimum Gasteiger partial charge on any atom is -0.379 e. The molecule has 0 spiro atoms. The van der Waals surface area contributed by atoms with E-state index in [0.29, 0.717) is 30.3 Å². The van der Waals surface area contributed by atoms with Crippen LogP contribution in [0.5, 0.6) is 0 Å². The molecule has 1 aromatic rings. The maximum Gasteiger partial charge on any atom is 0.222 e. The molecule has 5 nitrogen and oxygen atoms in total. The summed E-state index contributed by atoms with van der Waals surface area (Å²) in [5.41, 5.74) is 1.33. The molecule has 1 N–H and O–H groups in total. The highest BCUT2D eigenvalue weighted by Gasteiger charge is 2.31. The van der Waals surface area contributed by atoms with Crippen LogP contribution in [0, 0.1) is 5.92 Å². The van der Waals surface area contributed by atoms with Crippen LogP contribution >= 0.6 is 0 Å². The molecule has 0 bridgehead atoms. The summed E-state index contributed by atoms with van der Waals surface area (Å²) in [5, 5.41) is 3.80. The number of likely N-dealkylation sites (tertiary alicyclic amines) is 1. The Kier molecular flexibility index (Phi) is 6.21. The van der Waals surface area contributed by atoms with Gasteiger partial charge in [-0.15, -0.1) is 0 Å². The molecule has 24 heavy (non-hydrogen) atoms. The second-order valence-electron chi connectivity index (χ2n) is 7.04. The molecule has 0 radical (unpaired) electrons. The Bertz CT molecular complexity index is 515. The van der Waals surface area contributed by atoms with Gasteiger partial charge in [-0.3, -0.25) is 9.78 Å². The summed E-state index contributed by atoms with van der Waals surface area (Å²) in [4.78, 5) is 18.1. The summed E-state index contributed by atoms with van der Waals surface area (Å²) in [6, 6.07) is 5.10. The van der Waals surface area contributed by atoms with Gasteiger partial charge in [-0.1, -0.05) is 6.92 Å². The van der Waals surface area contributed by atoms with Gasteiger partial charge in [0.25, 0.3) is 0 Å². The Balaban J connectivity index is 1.46. The molecule has 5 heteroatoms. The summed E-state index contributed by atoms with van der Waals surface area (Å²) in [6.07, 6.45) is 8.47.